The fourth-order valence-electron chi connectivity index (χ4n) is 10.3. The second-order valence-electron chi connectivity index (χ2n) is 13.3. The summed E-state index contributed by atoms with van der Waals surface area (Å²) in [7, 11) is 0. The zero-order chi connectivity index (χ0) is 22.6. The molecule has 5 heteroatoms. The van der Waals surface area contributed by atoms with Gasteiger partial charge in [0, 0.05) is 17.8 Å². The third-order valence-electron chi connectivity index (χ3n) is 12.1. The van der Waals surface area contributed by atoms with Gasteiger partial charge in [-0.15, -0.1) is 0 Å². The van der Waals surface area contributed by atoms with Gasteiger partial charge in [-0.05, 0) is 85.9 Å². The lowest BCUT2D eigenvalue weighted by Gasteiger charge is -2.63. The minimum atomic E-state index is -1.01. The molecule has 4 saturated carbocycles. The van der Waals surface area contributed by atoms with Crippen LogP contribution in [0.5, 0.6) is 0 Å². The van der Waals surface area contributed by atoms with E-state index in [1.807, 2.05) is 0 Å². The number of aliphatic hydroxyl groups is 3. The largest absolute Gasteiger partial charge is 0.390 e. The highest BCUT2D eigenvalue weighted by Crippen LogP contribution is 2.71. The van der Waals surface area contributed by atoms with Crippen LogP contribution in [0.25, 0.3) is 0 Å². The highest BCUT2D eigenvalue weighted by Gasteiger charge is 2.70. The molecule has 0 aromatic heterocycles. The topological polar surface area (TPSA) is 79.2 Å². The van der Waals surface area contributed by atoms with Crippen LogP contribution in [0.4, 0.5) is 0 Å². The first-order chi connectivity index (χ1) is 15.1. The predicted molar refractivity (Wildman–Crippen MR) is 121 cm³/mol. The van der Waals surface area contributed by atoms with Crippen molar-refractivity contribution in [3.63, 3.8) is 0 Å². The third-order valence-corrected chi connectivity index (χ3v) is 12.1. The van der Waals surface area contributed by atoms with Gasteiger partial charge in [0.15, 0.2) is 5.79 Å². The number of fused-ring (bicyclic) bond motifs is 7. The molecule has 0 bridgehead atoms. The van der Waals surface area contributed by atoms with E-state index in [2.05, 4.69) is 27.7 Å². The SMILES string of the molecule is C[C@H]1CC[C@@]2(OC1)O[C@H]1C[C@H]3[C@@H]4CC[C@@H]5C[C@H](O)[C@@H](O)[C@@H](O)[C@]5(C)[C@H]4CC[C@]3(C)[C@H]1[C@@H]2C. The zero-order valence-corrected chi connectivity index (χ0v) is 20.4. The van der Waals surface area contributed by atoms with E-state index in [0.29, 0.717) is 54.0 Å². The van der Waals surface area contributed by atoms with E-state index in [0.717, 1.165) is 32.3 Å². The minimum absolute atomic E-state index is 0.266. The molecule has 32 heavy (non-hydrogen) atoms. The van der Waals surface area contributed by atoms with Gasteiger partial charge in [0.05, 0.1) is 24.9 Å². The summed E-state index contributed by atoms with van der Waals surface area (Å²) in [4.78, 5) is 0. The molecule has 0 unspecified atom stereocenters. The number of hydrogen-bond acceptors (Lipinski definition) is 5. The molecule has 14 atom stereocenters. The van der Waals surface area contributed by atoms with E-state index < -0.39 is 18.3 Å². The summed E-state index contributed by atoms with van der Waals surface area (Å²) >= 11 is 0. The smallest absolute Gasteiger partial charge is 0.171 e. The summed E-state index contributed by atoms with van der Waals surface area (Å²) in [6.07, 6.45) is 6.17. The summed E-state index contributed by atoms with van der Waals surface area (Å²) in [5.74, 6) is 3.17. The van der Waals surface area contributed by atoms with E-state index >= 15 is 0 Å². The van der Waals surface area contributed by atoms with E-state index in [9.17, 15) is 15.3 Å². The summed E-state index contributed by atoms with van der Waals surface area (Å²) in [6, 6.07) is 0. The van der Waals surface area contributed by atoms with Crippen LogP contribution in [0.1, 0.15) is 79.1 Å². The van der Waals surface area contributed by atoms with Crippen LogP contribution in [-0.4, -0.2) is 52.1 Å². The fraction of sp³-hybridized carbons (Fsp3) is 1.00. The van der Waals surface area contributed by atoms with Gasteiger partial charge in [-0.2, -0.15) is 0 Å². The second kappa shape index (κ2) is 7.16. The Hall–Kier alpha value is -0.200. The molecule has 5 nitrogen and oxygen atoms in total. The Morgan fingerprint density at radius 2 is 1.66 bits per heavy atom. The van der Waals surface area contributed by atoms with Gasteiger partial charge in [-0.25, -0.2) is 0 Å². The third kappa shape index (κ3) is 2.69. The molecule has 4 aliphatic carbocycles. The standard InChI is InChI=1S/C27H44O5/c1-14-7-10-27(31-13-14)15(2)22-21(32-27)12-19-17-6-5-16-11-20(28)23(29)24(30)26(16,4)18(17)8-9-25(19,22)3/h14-24,28-30H,5-13H2,1-4H3/t14-,15-,16+,17+,18-,19-,20-,21-,22-,23+,24+,25-,26-,27+/m0/s1. The quantitative estimate of drug-likeness (QED) is 0.526. The van der Waals surface area contributed by atoms with Crippen molar-refractivity contribution in [2.24, 2.45) is 52.3 Å². The van der Waals surface area contributed by atoms with Crippen LogP contribution in [0.2, 0.25) is 0 Å². The molecule has 1 spiro atoms. The Balaban J connectivity index is 1.28. The molecule has 2 saturated heterocycles. The van der Waals surface area contributed by atoms with Gasteiger partial charge in [0.1, 0.15) is 6.10 Å². The predicted octanol–water partition coefficient (Wildman–Crippen LogP) is 3.74. The molecule has 0 aromatic carbocycles. The van der Waals surface area contributed by atoms with Crippen molar-refractivity contribution in [3.8, 4) is 0 Å². The normalized spacial score (nSPS) is 64.0. The average Bonchev–Trinajstić information content (AvgIpc) is 3.21. The van der Waals surface area contributed by atoms with Crippen LogP contribution >= 0.6 is 0 Å². The van der Waals surface area contributed by atoms with Crippen molar-refractivity contribution < 1.29 is 24.8 Å². The van der Waals surface area contributed by atoms with Crippen LogP contribution in [0, 0.1) is 52.3 Å². The van der Waals surface area contributed by atoms with Gasteiger partial charge in [0.25, 0.3) is 0 Å². The van der Waals surface area contributed by atoms with Gasteiger partial charge in [-0.1, -0.05) is 27.7 Å². The summed E-state index contributed by atoms with van der Waals surface area (Å²) in [5, 5.41) is 32.1. The van der Waals surface area contributed by atoms with E-state index in [1.165, 1.54) is 19.3 Å². The van der Waals surface area contributed by atoms with Crippen molar-refractivity contribution in [2.75, 3.05) is 6.61 Å². The maximum Gasteiger partial charge on any atom is 0.171 e. The number of rotatable bonds is 0. The number of hydrogen-bond donors (Lipinski definition) is 3. The second-order valence-corrected chi connectivity index (χ2v) is 13.3. The van der Waals surface area contributed by atoms with Gasteiger partial charge in [0.2, 0.25) is 0 Å². The summed E-state index contributed by atoms with van der Waals surface area (Å²) < 4.78 is 13.3. The lowest BCUT2D eigenvalue weighted by molar-refractivity contribution is -0.274. The van der Waals surface area contributed by atoms with Gasteiger partial charge in [-0.3, -0.25) is 0 Å². The van der Waals surface area contributed by atoms with Crippen LogP contribution < -0.4 is 0 Å². The minimum Gasteiger partial charge on any atom is -0.390 e. The van der Waals surface area contributed by atoms with Crippen LogP contribution in [0.3, 0.4) is 0 Å². The molecule has 6 aliphatic rings. The molecule has 2 aliphatic heterocycles. The first-order valence-electron chi connectivity index (χ1n) is 13.5. The van der Waals surface area contributed by atoms with E-state index in [-0.39, 0.29) is 16.6 Å². The lowest BCUT2D eigenvalue weighted by Crippen LogP contribution is -2.64. The molecule has 0 amide bonds. The number of aliphatic hydroxyl groups excluding tert-OH is 3. The molecule has 2 heterocycles. The summed E-state index contributed by atoms with van der Waals surface area (Å²) in [6.45, 7) is 10.2. The highest BCUT2D eigenvalue weighted by atomic mass is 16.7. The van der Waals surface area contributed by atoms with Crippen molar-refractivity contribution in [1.82, 2.24) is 0 Å². The Morgan fingerprint density at radius 1 is 0.875 bits per heavy atom. The monoisotopic (exact) mass is 448 g/mol. The summed E-state index contributed by atoms with van der Waals surface area (Å²) in [5.41, 5.74) is -0.0287. The molecule has 182 valence electrons. The first-order valence-corrected chi connectivity index (χ1v) is 13.5. The molecule has 6 rings (SSSR count). The molecule has 3 N–H and O–H groups in total. The van der Waals surface area contributed by atoms with Gasteiger partial charge >= 0.3 is 0 Å². The Labute approximate surface area is 193 Å². The van der Waals surface area contributed by atoms with Crippen LogP contribution in [0.15, 0.2) is 0 Å². The van der Waals surface area contributed by atoms with Crippen molar-refractivity contribution >= 4 is 0 Å². The number of ether oxygens (including phenoxy) is 2. The maximum absolute atomic E-state index is 11.2. The van der Waals surface area contributed by atoms with E-state index in [4.69, 9.17) is 9.47 Å². The Kier molecular flexibility index (Phi) is 4.99. The lowest BCUT2D eigenvalue weighted by atomic mass is 9.43. The van der Waals surface area contributed by atoms with Crippen molar-refractivity contribution in [3.05, 3.63) is 0 Å². The van der Waals surface area contributed by atoms with Gasteiger partial charge < -0.3 is 24.8 Å². The zero-order valence-electron chi connectivity index (χ0n) is 20.4. The Bertz CT molecular complexity index is 744. The average molecular weight is 449 g/mol. The first kappa shape index (κ1) is 22.3. The van der Waals surface area contributed by atoms with Crippen LogP contribution in [-0.2, 0) is 9.47 Å². The molecule has 6 fully saturated rings. The molecular weight excluding hydrogens is 404 g/mol. The Morgan fingerprint density at radius 3 is 2.38 bits per heavy atom. The molecule has 0 radical (unpaired) electrons. The van der Waals surface area contributed by atoms with Crippen molar-refractivity contribution in [1.29, 1.82) is 0 Å². The van der Waals surface area contributed by atoms with Crippen molar-refractivity contribution in [2.45, 2.75) is 109 Å². The molecular formula is C27H44O5. The fourth-order valence-corrected chi connectivity index (χ4v) is 10.3. The molecule has 0 aromatic rings. The maximum atomic E-state index is 11.2. The highest BCUT2D eigenvalue weighted by molar-refractivity contribution is 5.17. The van der Waals surface area contributed by atoms with E-state index in [1.54, 1.807) is 0 Å².